The minimum atomic E-state index is -1.17. The molecule has 0 aromatic heterocycles. The summed E-state index contributed by atoms with van der Waals surface area (Å²) in [5, 5.41) is 3.61. The number of hydrogen-bond acceptors (Lipinski definition) is 7. The second kappa shape index (κ2) is 11.5. The van der Waals surface area contributed by atoms with Gasteiger partial charge in [-0.15, -0.1) is 0 Å². The number of Topliss-reactive ketones (excluding diaryl/α,β-unsaturated/α-hetero) is 1. The van der Waals surface area contributed by atoms with Gasteiger partial charge in [0.25, 0.3) is 5.91 Å². The van der Waals surface area contributed by atoms with Gasteiger partial charge in [-0.2, -0.15) is 0 Å². The number of rotatable bonds is 5. The van der Waals surface area contributed by atoms with Crippen molar-refractivity contribution >= 4 is 11.7 Å². The van der Waals surface area contributed by atoms with Crippen LogP contribution in [0.4, 0.5) is 4.39 Å². The van der Waals surface area contributed by atoms with Crippen LogP contribution in [0.25, 0.3) is 0 Å². The molecule has 8 nitrogen and oxygen atoms in total. The van der Waals surface area contributed by atoms with Gasteiger partial charge in [-0.3, -0.25) is 9.59 Å². The van der Waals surface area contributed by atoms with Crippen LogP contribution in [0.5, 0.6) is 0 Å². The number of carbonyl (C=O) groups is 2. The minimum Gasteiger partial charge on any atom is -0.369 e. The summed E-state index contributed by atoms with van der Waals surface area (Å²) >= 11 is 0. The van der Waals surface area contributed by atoms with Crippen LogP contribution in [0.2, 0.25) is 0 Å². The number of nitrogens with one attached hydrogen (secondary N) is 1. The normalized spacial score (nSPS) is 43.3. The van der Waals surface area contributed by atoms with Crippen LogP contribution in [-0.4, -0.2) is 127 Å². The molecule has 228 valence electrons. The molecule has 3 aliphatic carbocycles. The van der Waals surface area contributed by atoms with Gasteiger partial charge in [-0.25, -0.2) is 4.39 Å². The molecule has 4 aliphatic heterocycles. The highest BCUT2D eigenvalue weighted by Gasteiger charge is 2.60. The first kappa shape index (κ1) is 28.2. The Hall–Kier alpha value is -1.55. The lowest BCUT2D eigenvalue weighted by molar-refractivity contribution is -0.220. The largest absolute Gasteiger partial charge is 0.369 e. The highest BCUT2D eigenvalue weighted by Crippen LogP contribution is 2.51. The number of ketones is 1. The molecular formula is C32H50FN5O3. The number of carbonyl (C=O) groups excluding carboxylic acids is 2. The van der Waals surface area contributed by atoms with E-state index in [0.29, 0.717) is 31.0 Å². The maximum Gasteiger partial charge on any atom is 0.259 e. The van der Waals surface area contributed by atoms with E-state index in [0.717, 1.165) is 39.0 Å². The van der Waals surface area contributed by atoms with Crippen molar-refractivity contribution in [3.8, 4) is 0 Å². The Labute approximate surface area is 245 Å². The predicted octanol–water partition coefficient (Wildman–Crippen LogP) is 2.43. The lowest BCUT2D eigenvalue weighted by atomic mass is 9.64. The van der Waals surface area contributed by atoms with Crippen molar-refractivity contribution in [2.45, 2.75) is 107 Å². The van der Waals surface area contributed by atoms with Crippen molar-refractivity contribution in [2.75, 3.05) is 53.4 Å². The van der Waals surface area contributed by atoms with E-state index in [2.05, 4.69) is 34.1 Å². The van der Waals surface area contributed by atoms with Crippen LogP contribution in [0.1, 0.15) is 64.2 Å². The van der Waals surface area contributed by atoms with Crippen LogP contribution in [0, 0.1) is 17.8 Å². The molecule has 0 radical (unpaired) electrons. The number of piperazine rings is 1. The van der Waals surface area contributed by atoms with Gasteiger partial charge in [0.2, 0.25) is 0 Å². The zero-order valence-corrected chi connectivity index (χ0v) is 25.1. The summed E-state index contributed by atoms with van der Waals surface area (Å²) in [5.74, 6) is 0.298. The summed E-state index contributed by atoms with van der Waals surface area (Å²) in [7, 11) is 4.25. The Morgan fingerprint density at radius 3 is 2.59 bits per heavy atom. The first-order chi connectivity index (χ1) is 19.9. The molecule has 10 atom stereocenters. The Morgan fingerprint density at radius 2 is 1.80 bits per heavy atom. The van der Waals surface area contributed by atoms with E-state index in [4.69, 9.17) is 4.74 Å². The monoisotopic (exact) mass is 571 g/mol. The van der Waals surface area contributed by atoms with Crippen LogP contribution in [0.15, 0.2) is 11.8 Å². The third kappa shape index (κ3) is 5.06. The molecule has 1 N–H and O–H groups in total. The van der Waals surface area contributed by atoms with E-state index in [-0.39, 0.29) is 48.0 Å². The molecule has 6 fully saturated rings. The molecule has 9 heteroatoms. The van der Waals surface area contributed by atoms with Crippen LogP contribution in [-0.2, 0) is 14.3 Å². The van der Waals surface area contributed by atoms with Gasteiger partial charge in [0, 0.05) is 44.3 Å². The Morgan fingerprint density at radius 1 is 1.00 bits per heavy atom. The summed E-state index contributed by atoms with van der Waals surface area (Å²) in [4.78, 5) is 36.6. The second-order valence-corrected chi connectivity index (χ2v) is 14.3. The predicted molar refractivity (Wildman–Crippen MR) is 155 cm³/mol. The first-order valence-electron chi connectivity index (χ1n) is 16.6. The molecule has 0 bridgehead atoms. The number of alkyl halides is 1. The smallest absolute Gasteiger partial charge is 0.259 e. The van der Waals surface area contributed by atoms with Gasteiger partial charge in [-0.05, 0) is 84.0 Å². The molecule has 1 amide bonds. The third-order valence-electron chi connectivity index (χ3n) is 12.0. The fourth-order valence-electron chi connectivity index (χ4n) is 9.69. The van der Waals surface area contributed by atoms with Gasteiger partial charge in [0.1, 0.15) is 6.17 Å². The van der Waals surface area contributed by atoms with Crippen molar-refractivity contribution in [1.82, 2.24) is 24.9 Å². The molecule has 0 spiro atoms. The van der Waals surface area contributed by atoms with Crippen molar-refractivity contribution in [3.05, 3.63) is 11.8 Å². The van der Waals surface area contributed by atoms with Gasteiger partial charge < -0.3 is 29.7 Å². The van der Waals surface area contributed by atoms with Gasteiger partial charge in [-0.1, -0.05) is 19.3 Å². The van der Waals surface area contributed by atoms with E-state index < -0.39 is 18.1 Å². The number of morpholine rings is 1. The zero-order chi connectivity index (χ0) is 28.2. The minimum absolute atomic E-state index is 0.0379. The van der Waals surface area contributed by atoms with Crippen LogP contribution >= 0.6 is 0 Å². The quantitative estimate of drug-likeness (QED) is 0.509. The van der Waals surface area contributed by atoms with Crippen LogP contribution < -0.4 is 5.32 Å². The Bertz CT molecular complexity index is 1030. The fraction of sp³-hybridized carbons (Fsp3) is 0.875. The van der Waals surface area contributed by atoms with Gasteiger partial charge in [0.05, 0.1) is 35.9 Å². The number of likely N-dealkylation sites (N-methyl/N-ethyl adjacent to an activating group) is 1. The number of nitrogens with zero attached hydrogens (tertiary/aromatic N) is 4. The molecule has 4 heterocycles. The maximum absolute atomic E-state index is 16.2. The number of ether oxygens (including phenoxy) is 1. The molecule has 3 saturated carbocycles. The van der Waals surface area contributed by atoms with E-state index in [1.807, 2.05) is 11.1 Å². The highest BCUT2D eigenvalue weighted by atomic mass is 19.1. The molecule has 7 rings (SSSR count). The highest BCUT2D eigenvalue weighted by molar-refractivity contribution is 6.20. The second-order valence-electron chi connectivity index (χ2n) is 14.3. The topological polar surface area (TPSA) is 68.4 Å². The summed E-state index contributed by atoms with van der Waals surface area (Å²) in [5.41, 5.74) is 0.281. The average Bonchev–Trinajstić information content (AvgIpc) is 3.39. The van der Waals surface area contributed by atoms with Gasteiger partial charge in [0.15, 0.2) is 5.78 Å². The zero-order valence-electron chi connectivity index (χ0n) is 25.1. The fourth-order valence-corrected chi connectivity index (χ4v) is 9.69. The van der Waals surface area contributed by atoms with Crippen molar-refractivity contribution in [2.24, 2.45) is 17.8 Å². The maximum atomic E-state index is 16.2. The summed E-state index contributed by atoms with van der Waals surface area (Å²) in [6.45, 7) is 4.77. The molecule has 0 aromatic rings. The number of likely N-dealkylation sites (tertiary alicyclic amines) is 1. The lowest BCUT2D eigenvalue weighted by Gasteiger charge is -2.61. The first-order valence-corrected chi connectivity index (χ1v) is 16.6. The number of halogens is 1. The van der Waals surface area contributed by atoms with Crippen molar-refractivity contribution < 1.29 is 18.7 Å². The Balaban J connectivity index is 1.18. The van der Waals surface area contributed by atoms with Crippen LogP contribution in [0.3, 0.4) is 0 Å². The molecule has 0 aromatic carbocycles. The molecular weight excluding hydrogens is 521 g/mol. The molecule has 7 aliphatic rings. The summed E-state index contributed by atoms with van der Waals surface area (Å²) in [6.07, 6.45) is 11.2. The average molecular weight is 572 g/mol. The Kier molecular flexibility index (Phi) is 7.93. The molecule has 41 heavy (non-hydrogen) atoms. The van der Waals surface area contributed by atoms with Crippen molar-refractivity contribution in [1.29, 1.82) is 0 Å². The standard InChI is InChI=1S/C32H50FN5O3/c1-35-14-16-37(17-15-35)32(40)24-19-38-26-10-9-20-6-3-4-8-22(20)30(26)41-31-27(25(33)18-23(28(31)38)29(24)39)34-12-11-21-7-5-13-36(21)2/h19-23,25-28,30-31,34H,3-18H2,1-2H3. The third-order valence-corrected chi connectivity index (χ3v) is 12.0. The summed E-state index contributed by atoms with van der Waals surface area (Å²) < 4.78 is 23.3. The SMILES string of the molecule is CN1CCN(C(=O)C2=CN3C4CCC5CCCCC5C4OC4C(NCCC5CCCN5C)C(F)CC(C2=O)C43)CC1. The summed E-state index contributed by atoms with van der Waals surface area (Å²) in [6, 6.07) is 0.0808. The molecule has 10 unspecified atom stereocenters. The van der Waals surface area contributed by atoms with E-state index >= 15 is 4.39 Å². The van der Waals surface area contributed by atoms with E-state index in [9.17, 15) is 9.59 Å². The van der Waals surface area contributed by atoms with E-state index in [1.165, 1.54) is 44.9 Å². The van der Waals surface area contributed by atoms with E-state index in [1.54, 1.807) is 0 Å². The van der Waals surface area contributed by atoms with Crippen molar-refractivity contribution in [3.63, 3.8) is 0 Å². The number of hydrogen-bond donors (Lipinski definition) is 1. The lowest BCUT2D eigenvalue weighted by Crippen LogP contribution is -2.74. The molecule has 3 saturated heterocycles. The van der Waals surface area contributed by atoms with Gasteiger partial charge >= 0.3 is 0 Å². The number of fused-ring (bicyclic) bond motifs is 4. The number of amides is 1.